The SMILES string of the molecule is Cc1ncc(C(N)Cc2cc(Br)ccc2F)s1. The summed E-state index contributed by atoms with van der Waals surface area (Å²) in [5.41, 5.74) is 6.67. The molecule has 0 bridgehead atoms. The predicted molar refractivity (Wildman–Crippen MR) is 71.6 cm³/mol. The highest BCUT2D eigenvalue weighted by Crippen LogP contribution is 2.24. The summed E-state index contributed by atoms with van der Waals surface area (Å²) < 4.78 is 14.4. The molecule has 0 radical (unpaired) electrons. The number of nitrogens with zero attached hydrogens (tertiary/aromatic N) is 1. The minimum atomic E-state index is -0.218. The standard InChI is InChI=1S/C12H12BrFN2S/c1-7-16-6-12(17-7)11(15)5-8-4-9(13)2-3-10(8)14/h2-4,6,11H,5,15H2,1H3. The van der Waals surface area contributed by atoms with Crippen molar-refractivity contribution >= 4 is 27.3 Å². The van der Waals surface area contributed by atoms with Gasteiger partial charge in [0.15, 0.2) is 0 Å². The van der Waals surface area contributed by atoms with Crippen LogP contribution in [0.4, 0.5) is 4.39 Å². The molecule has 0 saturated heterocycles. The molecule has 0 spiro atoms. The van der Waals surface area contributed by atoms with Crippen LogP contribution in [0.25, 0.3) is 0 Å². The van der Waals surface area contributed by atoms with Crippen molar-refractivity contribution in [1.82, 2.24) is 4.98 Å². The Kier molecular flexibility index (Phi) is 3.91. The second kappa shape index (κ2) is 5.25. The average Bonchev–Trinajstić information content (AvgIpc) is 2.70. The molecule has 1 unspecified atom stereocenters. The molecule has 0 fully saturated rings. The number of nitrogens with two attached hydrogens (primary N) is 1. The van der Waals surface area contributed by atoms with Crippen molar-refractivity contribution < 1.29 is 4.39 Å². The van der Waals surface area contributed by atoms with Gasteiger partial charge in [-0.25, -0.2) is 9.37 Å². The van der Waals surface area contributed by atoms with Crippen LogP contribution in [-0.2, 0) is 6.42 Å². The van der Waals surface area contributed by atoms with Gasteiger partial charge in [0.2, 0.25) is 0 Å². The van der Waals surface area contributed by atoms with E-state index in [-0.39, 0.29) is 11.9 Å². The highest BCUT2D eigenvalue weighted by molar-refractivity contribution is 9.10. The summed E-state index contributed by atoms with van der Waals surface area (Å²) in [5.74, 6) is -0.218. The van der Waals surface area contributed by atoms with Crippen molar-refractivity contribution in [2.24, 2.45) is 5.73 Å². The maximum absolute atomic E-state index is 13.6. The Bertz CT molecular complexity index is 527. The minimum Gasteiger partial charge on any atom is -0.323 e. The van der Waals surface area contributed by atoms with Gasteiger partial charge >= 0.3 is 0 Å². The van der Waals surface area contributed by atoms with Crippen LogP contribution in [0.15, 0.2) is 28.9 Å². The summed E-state index contributed by atoms with van der Waals surface area (Å²) >= 11 is 4.88. The Morgan fingerprint density at radius 2 is 2.29 bits per heavy atom. The molecule has 17 heavy (non-hydrogen) atoms. The largest absolute Gasteiger partial charge is 0.323 e. The lowest BCUT2D eigenvalue weighted by atomic mass is 10.1. The predicted octanol–water partition coefficient (Wildman–Crippen LogP) is 3.60. The summed E-state index contributed by atoms with van der Waals surface area (Å²) in [6.07, 6.45) is 2.24. The van der Waals surface area contributed by atoms with Crippen molar-refractivity contribution in [2.45, 2.75) is 19.4 Å². The molecule has 2 rings (SSSR count). The van der Waals surface area contributed by atoms with Crippen LogP contribution in [0.3, 0.4) is 0 Å². The number of halogens is 2. The molecule has 0 saturated carbocycles. The van der Waals surface area contributed by atoms with Crippen molar-refractivity contribution in [3.05, 3.63) is 50.1 Å². The summed E-state index contributed by atoms with van der Waals surface area (Å²) in [4.78, 5) is 5.14. The summed E-state index contributed by atoms with van der Waals surface area (Å²) in [6.45, 7) is 1.93. The quantitative estimate of drug-likeness (QED) is 0.940. The number of thiazole rings is 1. The topological polar surface area (TPSA) is 38.9 Å². The fourth-order valence-corrected chi connectivity index (χ4v) is 2.78. The van der Waals surface area contributed by atoms with Gasteiger partial charge in [-0.05, 0) is 37.1 Å². The zero-order chi connectivity index (χ0) is 12.4. The number of benzene rings is 1. The smallest absolute Gasteiger partial charge is 0.126 e. The van der Waals surface area contributed by atoms with Gasteiger partial charge in [0, 0.05) is 21.6 Å². The molecule has 1 heterocycles. The number of hydrogen-bond acceptors (Lipinski definition) is 3. The Balaban J connectivity index is 2.18. The molecule has 1 aromatic heterocycles. The molecule has 0 aliphatic heterocycles. The van der Waals surface area contributed by atoms with E-state index >= 15 is 0 Å². The highest BCUT2D eigenvalue weighted by atomic mass is 79.9. The zero-order valence-electron chi connectivity index (χ0n) is 9.28. The van der Waals surface area contributed by atoms with Crippen LogP contribution in [0.1, 0.15) is 21.5 Å². The van der Waals surface area contributed by atoms with Crippen molar-refractivity contribution in [2.75, 3.05) is 0 Å². The summed E-state index contributed by atoms with van der Waals surface area (Å²) in [6, 6.07) is 4.69. The van der Waals surface area contributed by atoms with Gasteiger partial charge in [-0.1, -0.05) is 15.9 Å². The summed E-state index contributed by atoms with van der Waals surface area (Å²) in [7, 11) is 0. The lowest BCUT2D eigenvalue weighted by molar-refractivity contribution is 0.594. The van der Waals surface area contributed by atoms with Crippen molar-refractivity contribution in [3.63, 3.8) is 0 Å². The summed E-state index contributed by atoms with van der Waals surface area (Å²) in [5, 5.41) is 0.977. The zero-order valence-corrected chi connectivity index (χ0v) is 11.7. The first-order chi connectivity index (χ1) is 8.06. The lowest BCUT2D eigenvalue weighted by Gasteiger charge is -2.10. The molecule has 2 N–H and O–H groups in total. The van der Waals surface area contributed by atoms with Crippen LogP contribution in [0, 0.1) is 12.7 Å². The van der Waals surface area contributed by atoms with Crippen LogP contribution >= 0.6 is 27.3 Å². The van der Waals surface area contributed by atoms with Crippen LogP contribution in [0.5, 0.6) is 0 Å². The van der Waals surface area contributed by atoms with Crippen LogP contribution in [0.2, 0.25) is 0 Å². The van der Waals surface area contributed by atoms with Gasteiger partial charge in [0.05, 0.1) is 5.01 Å². The Morgan fingerprint density at radius 1 is 1.53 bits per heavy atom. The van der Waals surface area contributed by atoms with E-state index in [1.165, 1.54) is 6.07 Å². The second-order valence-electron chi connectivity index (χ2n) is 3.83. The van der Waals surface area contributed by atoms with E-state index in [1.807, 2.05) is 6.92 Å². The van der Waals surface area contributed by atoms with Gasteiger partial charge < -0.3 is 5.73 Å². The molecule has 0 aliphatic carbocycles. The first-order valence-electron chi connectivity index (χ1n) is 5.18. The third-order valence-corrected chi connectivity index (χ3v) is 3.99. The monoisotopic (exact) mass is 314 g/mol. The number of aromatic nitrogens is 1. The van der Waals surface area contributed by atoms with Crippen LogP contribution < -0.4 is 5.73 Å². The maximum atomic E-state index is 13.6. The third kappa shape index (κ3) is 3.12. The molecule has 2 nitrogen and oxygen atoms in total. The molecule has 1 aromatic carbocycles. The third-order valence-electron chi connectivity index (χ3n) is 2.45. The van der Waals surface area contributed by atoms with E-state index < -0.39 is 0 Å². The second-order valence-corrected chi connectivity index (χ2v) is 6.01. The average molecular weight is 315 g/mol. The fourth-order valence-electron chi connectivity index (χ4n) is 1.59. The van der Waals surface area contributed by atoms with Gasteiger partial charge in [-0.15, -0.1) is 11.3 Å². The minimum absolute atomic E-state index is 0.204. The van der Waals surface area contributed by atoms with Crippen LogP contribution in [-0.4, -0.2) is 4.98 Å². The first kappa shape index (κ1) is 12.7. The Labute approximate surface area is 112 Å². The van der Waals surface area contributed by atoms with Gasteiger partial charge in [-0.2, -0.15) is 0 Å². The molecule has 0 amide bonds. The van der Waals surface area contributed by atoms with E-state index in [0.717, 1.165) is 14.4 Å². The number of rotatable bonds is 3. The number of aryl methyl sites for hydroxylation is 1. The van der Waals surface area contributed by atoms with E-state index in [9.17, 15) is 4.39 Å². The fraction of sp³-hybridized carbons (Fsp3) is 0.250. The van der Waals surface area contributed by atoms with Crippen molar-refractivity contribution in [1.29, 1.82) is 0 Å². The van der Waals surface area contributed by atoms with Gasteiger partial charge in [0.25, 0.3) is 0 Å². The Morgan fingerprint density at radius 3 is 2.94 bits per heavy atom. The van der Waals surface area contributed by atoms with E-state index in [0.29, 0.717) is 12.0 Å². The highest BCUT2D eigenvalue weighted by Gasteiger charge is 2.13. The number of hydrogen-bond donors (Lipinski definition) is 1. The molecule has 2 aromatic rings. The Hall–Kier alpha value is -0.780. The first-order valence-corrected chi connectivity index (χ1v) is 6.79. The molecular weight excluding hydrogens is 303 g/mol. The lowest BCUT2D eigenvalue weighted by Crippen LogP contribution is -2.12. The molecule has 0 aliphatic rings. The van der Waals surface area contributed by atoms with Crippen molar-refractivity contribution in [3.8, 4) is 0 Å². The molecule has 5 heteroatoms. The molecular formula is C12H12BrFN2S. The van der Waals surface area contributed by atoms with E-state index in [4.69, 9.17) is 5.73 Å². The normalized spacial score (nSPS) is 12.7. The van der Waals surface area contributed by atoms with Gasteiger partial charge in [0.1, 0.15) is 5.82 Å². The molecule has 90 valence electrons. The maximum Gasteiger partial charge on any atom is 0.126 e. The van der Waals surface area contributed by atoms with E-state index in [1.54, 1.807) is 29.7 Å². The van der Waals surface area contributed by atoms with E-state index in [2.05, 4.69) is 20.9 Å². The van der Waals surface area contributed by atoms with Gasteiger partial charge in [-0.3, -0.25) is 0 Å². The molecule has 1 atom stereocenters.